The maximum Gasteiger partial charge on any atom is 0.123 e. The first-order valence-corrected chi connectivity index (χ1v) is 6.05. The first-order chi connectivity index (χ1) is 8.63. The number of hydrogen-bond acceptors (Lipinski definition) is 3. The Labute approximate surface area is 106 Å². The van der Waals surface area contributed by atoms with E-state index in [0.717, 1.165) is 23.6 Å². The monoisotopic (exact) mass is 248 g/mol. The number of aromatic nitrogens is 3. The first kappa shape index (κ1) is 12.7. The van der Waals surface area contributed by atoms with Crippen LogP contribution in [0.1, 0.15) is 31.3 Å². The Morgan fingerprint density at radius 3 is 2.61 bits per heavy atom. The zero-order chi connectivity index (χ0) is 13.1. The Bertz CT molecular complexity index is 518. The van der Waals surface area contributed by atoms with Gasteiger partial charge >= 0.3 is 0 Å². The summed E-state index contributed by atoms with van der Waals surface area (Å²) in [5, 5.41) is 11.6. The Morgan fingerprint density at radius 1 is 1.33 bits per heavy atom. The summed E-state index contributed by atoms with van der Waals surface area (Å²) < 4.78 is 14.6. The third kappa shape index (κ3) is 2.41. The van der Waals surface area contributed by atoms with Gasteiger partial charge in [-0.1, -0.05) is 12.1 Å². The first-order valence-electron chi connectivity index (χ1n) is 6.05. The molecule has 0 amide bonds. The van der Waals surface area contributed by atoms with Crippen molar-refractivity contribution in [3.8, 4) is 5.69 Å². The Kier molecular flexibility index (Phi) is 3.72. The summed E-state index contributed by atoms with van der Waals surface area (Å²) >= 11 is 0. The number of hydrogen-bond donors (Lipinski definition) is 1. The third-order valence-electron chi connectivity index (χ3n) is 2.92. The predicted octanol–water partition coefficient (Wildman–Crippen LogP) is 2.39. The standard InChI is InChI=1S/C13H17FN4/c1-4-15-9(2)13-10(3)18(17-16-13)12-7-5-11(14)6-8-12/h5-9,15H,4H2,1-3H3. The average Bonchev–Trinajstić information content (AvgIpc) is 2.73. The van der Waals surface area contributed by atoms with E-state index in [2.05, 4.69) is 29.5 Å². The summed E-state index contributed by atoms with van der Waals surface area (Å²) in [4.78, 5) is 0. The fraction of sp³-hybridized carbons (Fsp3) is 0.385. The molecule has 1 heterocycles. The highest BCUT2D eigenvalue weighted by Gasteiger charge is 2.15. The molecule has 0 saturated carbocycles. The van der Waals surface area contributed by atoms with Crippen LogP contribution in [0.2, 0.25) is 0 Å². The van der Waals surface area contributed by atoms with Gasteiger partial charge in [-0.25, -0.2) is 9.07 Å². The molecule has 2 rings (SSSR count). The zero-order valence-electron chi connectivity index (χ0n) is 10.8. The maximum absolute atomic E-state index is 12.9. The van der Waals surface area contributed by atoms with Crippen molar-refractivity contribution in [1.82, 2.24) is 20.3 Å². The molecule has 1 unspecified atom stereocenters. The summed E-state index contributed by atoms with van der Waals surface area (Å²) in [6.07, 6.45) is 0. The smallest absolute Gasteiger partial charge is 0.123 e. The van der Waals surface area contributed by atoms with E-state index in [1.807, 2.05) is 6.92 Å². The second-order valence-corrected chi connectivity index (χ2v) is 4.23. The number of benzene rings is 1. The van der Waals surface area contributed by atoms with Gasteiger partial charge in [0.2, 0.25) is 0 Å². The Hall–Kier alpha value is -1.75. The van der Waals surface area contributed by atoms with Crippen LogP contribution >= 0.6 is 0 Å². The van der Waals surface area contributed by atoms with Gasteiger partial charge in [-0.15, -0.1) is 5.10 Å². The molecule has 0 aliphatic carbocycles. The van der Waals surface area contributed by atoms with Crippen LogP contribution in [0.4, 0.5) is 4.39 Å². The number of nitrogens with zero attached hydrogens (tertiary/aromatic N) is 3. The van der Waals surface area contributed by atoms with Gasteiger partial charge in [-0.05, 0) is 44.7 Å². The lowest BCUT2D eigenvalue weighted by molar-refractivity contribution is 0.579. The lowest BCUT2D eigenvalue weighted by Gasteiger charge is -2.10. The molecule has 96 valence electrons. The minimum atomic E-state index is -0.252. The van der Waals surface area contributed by atoms with Crippen LogP contribution < -0.4 is 5.32 Å². The van der Waals surface area contributed by atoms with Crippen LogP contribution in [-0.2, 0) is 0 Å². The molecule has 0 spiro atoms. The molecule has 0 saturated heterocycles. The Balaban J connectivity index is 2.33. The van der Waals surface area contributed by atoms with Crippen LogP contribution in [0.15, 0.2) is 24.3 Å². The molecule has 0 aliphatic rings. The van der Waals surface area contributed by atoms with Crippen molar-refractivity contribution in [2.24, 2.45) is 0 Å². The van der Waals surface area contributed by atoms with Crippen LogP contribution in [-0.4, -0.2) is 21.5 Å². The van der Waals surface area contributed by atoms with E-state index in [9.17, 15) is 4.39 Å². The van der Waals surface area contributed by atoms with Gasteiger partial charge in [0.1, 0.15) is 11.5 Å². The predicted molar refractivity (Wildman–Crippen MR) is 68.1 cm³/mol. The number of nitrogens with one attached hydrogen (secondary N) is 1. The van der Waals surface area contributed by atoms with Crippen LogP contribution in [0.3, 0.4) is 0 Å². The lowest BCUT2D eigenvalue weighted by atomic mass is 10.2. The second-order valence-electron chi connectivity index (χ2n) is 4.23. The van der Waals surface area contributed by atoms with Crippen molar-refractivity contribution in [2.75, 3.05) is 6.54 Å². The topological polar surface area (TPSA) is 42.7 Å². The van der Waals surface area contributed by atoms with Gasteiger partial charge < -0.3 is 5.32 Å². The minimum absolute atomic E-state index is 0.157. The molecule has 0 bridgehead atoms. The van der Waals surface area contributed by atoms with E-state index in [1.54, 1.807) is 16.8 Å². The molecular formula is C13H17FN4. The molecule has 4 nitrogen and oxygen atoms in total. The van der Waals surface area contributed by atoms with E-state index in [0.29, 0.717) is 0 Å². The van der Waals surface area contributed by atoms with Crippen LogP contribution in [0.25, 0.3) is 5.69 Å². The van der Waals surface area contributed by atoms with Gasteiger partial charge in [-0.2, -0.15) is 0 Å². The van der Waals surface area contributed by atoms with Crippen LogP contribution in [0, 0.1) is 12.7 Å². The Morgan fingerprint density at radius 2 is 2.00 bits per heavy atom. The minimum Gasteiger partial charge on any atom is -0.309 e. The van der Waals surface area contributed by atoms with Crippen LogP contribution in [0.5, 0.6) is 0 Å². The SMILES string of the molecule is CCNC(C)c1nnn(-c2ccc(F)cc2)c1C. The van der Waals surface area contributed by atoms with Crippen molar-refractivity contribution < 1.29 is 4.39 Å². The largest absolute Gasteiger partial charge is 0.309 e. The molecule has 0 radical (unpaired) electrons. The molecule has 0 aliphatic heterocycles. The van der Waals surface area contributed by atoms with Gasteiger partial charge in [0.15, 0.2) is 0 Å². The highest BCUT2D eigenvalue weighted by molar-refractivity contribution is 5.33. The summed E-state index contributed by atoms with van der Waals surface area (Å²) in [5.41, 5.74) is 2.70. The quantitative estimate of drug-likeness (QED) is 0.903. The van der Waals surface area contributed by atoms with Crippen molar-refractivity contribution >= 4 is 0 Å². The van der Waals surface area contributed by atoms with Gasteiger partial charge in [0.25, 0.3) is 0 Å². The molecule has 18 heavy (non-hydrogen) atoms. The van der Waals surface area contributed by atoms with Crippen molar-refractivity contribution in [2.45, 2.75) is 26.8 Å². The molecule has 1 atom stereocenters. The van der Waals surface area contributed by atoms with Crippen molar-refractivity contribution in [3.63, 3.8) is 0 Å². The molecule has 2 aromatic rings. The van der Waals surface area contributed by atoms with Crippen molar-refractivity contribution in [3.05, 3.63) is 41.5 Å². The summed E-state index contributed by atoms with van der Waals surface area (Å²) in [5.74, 6) is -0.252. The van der Waals surface area contributed by atoms with E-state index in [-0.39, 0.29) is 11.9 Å². The molecule has 1 aromatic heterocycles. The van der Waals surface area contributed by atoms with E-state index >= 15 is 0 Å². The fourth-order valence-corrected chi connectivity index (χ4v) is 1.97. The van der Waals surface area contributed by atoms with E-state index in [4.69, 9.17) is 0 Å². The van der Waals surface area contributed by atoms with Crippen molar-refractivity contribution in [1.29, 1.82) is 0 Å². The fourth-order valence-electron chi connectivity index (χ4n) is 1.97. The highest BCUT2D eigenvalue weighted by Crippen LogP contribution is 2.17. The molecule has 5 heteroatoms. The van der Waals surface area contributed by atoms with Gasteiger partial charge in [0, 0.05) is 0 Å². The number of halogens is 1. The van der Waals surface area contributed by atoms with E-state index < -0.39 is 0 Å². The zero-order valence-corrected chi connectivity index (χ0v) is 10.8. The second kappa shape index (κ2) is 5.27. The molecular weight excluding hydrogens is 231 g/mol. The summed E-state index contributed by atoms with van der Waals surface area (Å²) in [7, 11) is 0. The normalized spacial score (nSPS) is 12.7. The third-order valence-corrected chi connectivity index (χ3v) is 2.92. The average molecular weight is 248 g/mol. The van der Waals surface area contributed by atoms with Gasteiger partial charge in [-0.3, -0.25) is 0 Å². The van der Waals surface area contributed by atoms with E-state index in [1.165, 1.54) is 12.1 Å². The number of rotatable bonds is 4. The lowest BCUT2D eigenvalue weighted by Crippen LogP contribution is -2.19. The molecule has 0 fully saturated rings. The van der Waals surface area contributed by atoms with Gasteiger partial charge in [0.05, 0.1) is 17.4 Å². The summed E-state index contributed by atoms with van der Waals surface area (Å²) in [6.45, 7) is 6.95. The molecule has 1 N–H and O–H groups in total. The summed E-state index contributed by atoms with van der Waals surface area (Å²) in [6, 6.07) is 6.38. The molecule has 1 aromatic carbocycles. The maximum atomic E-state index is 12.9. The highest BCUT2D eigenvalue weighted by atomic mass is 19.1.